The van der Waals surface area contributed by atoms with Crippen molar-refractivity contribution in [1.82, 2.24) is 10.2 Å². The number of hydrogen-bond donors (Lipinski definition) is 3. The number of carbonyl (C=O) groups excluding carboxylic acids is 2. The molecule has 1 fully saturated rings. The first-order valence-corrected chi connectivity index (χ1v) is 10.3. The molecular weight excluding hydrogens is 404 g/mol. The molecule has 1 amide bonds. The fourth-order valence-corrected chi connectivity index (χ4v) is 3.90. The number of carboxylic acids is 2. The van der Waals surface area contributed by atoms with E-state index < -0.39 is 36.0 Å². The summed E-state index contributed by atoms with van der Waals surface area (Å²) in [5, 5.41) is 22.3. The van der Waals surface area contributed by atoms with Crippen LogP contribution in [0.3, 0.4) is 0 Å². The maximum Gasteiger partial charge on any atom is 0.326 e. The molecule has 9 heteroatoms. The first-order valence-electron chi connectivity index (χ1n) is 10.3. The number of furan rings is 1. The largest absolute Gasteiger partial charge is 0.480 e. The number of likely N-dealkylation sites (tertiary alicyclic amines) is 1. The number of Topliss-reactive ketones (excluding diaryl/α,β-unsaturated/α-hetero) is 1. The van der Waals surface area contributed by atoms with Crippen LogP contribution in [0.4, 0.5) is 0 Å². The van der Waals surface area contributed by atoms with Crippen LogP contribution in [0.5, 0.6) is 0 Å². The van der Waals surface area contributed by atoms with E-state index in [9.17, 15) is 29.4 Å². The number of nitrogens with one attached hydrogen (secondary N) is 1. The molecule has 1 aromatic carbocycles. The zero-order valence-corrected chi connectivity index (χ0v) is 17.2. The summed E-state index contributed by atoms with van der Waals surface area (Å²) in [6.07, 6.45) is 1.53. The minimum Gasteiger partial charge on any atom is -0.480 e. The summed E-state index contributed by atoms with van der Waals surface area (Å²) in [6.45, 7) is 1.86. The van der Waals surface area contributed by atoms with Crippen molar-refractivity contribution in [2.45, 2.75) is 57.2 Å². The number of fused-ring (bicyclic) bond motifs is 1. The van der Waals surface area contributed by atoms with Gasteiger partial charge in [0.25, 0.3) is 0 Å². The smallest absolute Gasteiger partial charge is 0.326 e. The summed E-state index contributed by atoms with van der Waals surface area (Å²) in [7, 11) is 0. The quantitative estimate of drug-likeness (QED) is 0.488. The molecule has 0 radical (unpaired) electrons. The van der Waals surface area contributed by atoms with E-state index in [-0.39, 0.29) is 24.4 Å². The molecule has 0 saturated carbocycles. The van der Waals surface area contributed by atoms with Gasteiger partial charge in [0.15, 0.2) is 11.5 Å². The monoisotopic (exact) mass is 430 g/mol. The third kappa shape index (κ3) is 5.29. The van der Waals surface area contributed by atoms with E-state index in [1.165, 1.54) is 11.8 Å². The Labute approximate surface area is 179 Å². The Morgan fingerprint density at radius 1 is 1.23 bits per heavy atom. The molecule has 0 aliphatic carbocycles. The molecule has 9 nitrogen and oxygen atoms in total. The third-order valence-electron chi connectivity index (χ3n) is 5.54. The maximum absolute atomic E-state index is 12.6. The molecule has 3 atom stereocenters. The number of para-hydroxylation sites is 1. The normalized spacial score (nSPS) is 18.1. The Morgan fingerprint density at radius 2 is 1.97 bits per heavy atom. The minimum absolute atomic E-state index is 0.112. The number of carbonyl (C=O) groups is 4. The van der Waals surface area contributed by atoms with Gasteiger partial charge in [-0.25, -0.2) is 4.79 Å². The zero-order chi connectivity index (χ0) is 22.5. The van der Waals surface area contributed by atoms with Gasteiger partial charge >= 0.3 is 11.9 Å². The number of rotatable bonds is 10. The molecule has 1 aliphatic rings. The number of hydrogen-bond acceptors (Lipinski definition) is 6. The number of aliphatic carboxylic acids is 2. The fourth-order valence-electron chi connectivity index (χ4n) is 3.90. The van der Waals surface area contributed by atoms with Gasteiger partial charge in [0, 0.05) is 18.4 Å². The van der Waals surface area contributed by atoms with Crippen LogP contribution in [-0.4, -0.2) is 63.4 Å². The third-order valence-corrected chi connectivity index (χ3v) is 5.54. The lowest BCUT2D eigenvalue weighted by Gasteiger charge is -2.27. The van der Waals surface area contributed by atoms with Crippen molar-refractivity contribution in [2.75, 3.05) is 6.54 Å². The van der Waals surface area contributed by atoms with E-state index in [2.05, 4.69) is 5.32 Å². The predicted molar refractivity (Wildman–Crippen MR) is 111 cm³/mol. The van der Waals surface area contributed by atoms with Gasteiger partial charge in [0.1, 0.15) is 17.7 Å². The average molecular weight is 430 g/mol. The summed E-state index contributed by atoms with van der Waals surface area (Å²) in [5.74, 6) is -2.61. The van der Waals surface area contributed by atoms with Crippen LogP contribution >= 0.6 is 0 Å². The van der Waals surface area contributed by atoms with Gasteiger partial charge in [0.05, 0.1) is 6.04 Å². The number of ketones is 1. The second-order valence-corrected chi connectivity index (χ2v) is 7.77. The molecular formula is C22H26N2O7. The Kier molecular flexibility index (Phi) is 7.06. The van der Waals surface area contributed by atoms with Gasteiger partial charge < -0.3 is 19.5 Å². The molecule has 1 aromatic heterocycles. The van der Waals surface area contributed by atoms with Gasteiger partial charge in [-0.3, -0.25) is 19.7 Å². The first kappa shape index (κ1) is 22.5. The molecule has 0 spiro atoms. The van der Waals surface area contributed by atoms with Crippen LogP contribution in [0, 0.1) is 0 Å². The molecule has 31 heavy (non-hydrogen) atoms. The van der Waals surface area contributed by atoms with Gasteiger partial charge in [-0.05, 0) is 44.7 Å². The van der Waals surface area contributed by atoms with Crippen LogP contribution in [0.15, 0.2) is 34.7 Å². The van der Waals surface area contributed by atoms with Crippen LogP contribution in [0.1, 0.15) is 49.6 Å². The van der Waals surface area contributed by atoms with E-state index >= 15 is 0 Å². The van der Waals surface area contributed by atoms with Gasteiger partial charge in [-0.15, -0.1) is 0 Å². The Hall–Kier alpha value is -3.20. The second-order valence-electron chi connectivity index (χ2n) is 7.77. The standard InChI is InChI=1S/C22H26N2O7/c1-13(20(26)24-11-5-8-16(24)22(29)30)23-15(21(27)28)7-4-9-17(25)19-12-14-6-2-3-10-18(14)31-19/h2-3,6,10,12-13,15-16,23H,4-5,7-9,11H2,1H3,(H,27,28)(H,29,30)/t13-,15?,16-/m0/s1. The summed E-state index contributed by atoms with van der Waals surface area (Å²) < 4.78 is 5.54. The fraction of sp³-hybridized carbons (Fsp3) is 0.455. The van der Waals surface area contributed by atoms with Crippen molar-refractivity contribution < 1.29 is 33.8 Å². The molecule has 2 aromatic rings. The van der Waals surface area contributed by atoms with E-state index in [1.807, 2.05) is 18.2 Å². The molecule has 1 saturated heterocycles. The molecule has 166 valence electrons. The van der Waals surface area contributed by atoms with Crippen molar-refractivity contribution in [3.63, 3.8) is 0 Å². The van der Waals surface area contributed by atoms with E-state index in [0.29, 0.717) is 31.4 Å². The summed E-state index contributed by atoms with van der Waals surface area (Å²) >= 11 is 0. The Balaban J connectivity index is 1.53. The lowest BCUT2D eigenvalue weighted by atomic mass is 10.1. The molecule has 3 N–H and O–H groups in total. The first-order chi connectivity index (χ1) is 14.8. The Morgan fingerprint density at radius 3 is 2.65 bits per heavy atom. The maximum atomic E-state index is 12.6. The predicted octanol–water partition coefficient (Wildman–Crippen LogP) is 2.29. The van der Waals surface area contributed by atoms with Gasteiger partial charge in [-0.1, -0.05) is 18.2 Å². The Bertz CT molecular complexity index is 950. The van der Waals surface area contributed by atoms with E-state index in [4.69, 9.17) is 4.42 Å². The number of carboxylic acid groups (broad SMARTS) is 2. The SMILES string of the molecule is C[C@H](NC(CCCC(=O)c1cc2ccccc2o1)C(=O)O)C(=O)N1CCC[C@H]1C(=O)O. The number of amides is 1. The number of benzene rings is 1. The zero-order valence-electron chi connectivity index (χ0n) is 17.2. The summed E-state index contributed by atoms with van der Waals surface area (Å²) in [4.78, 5) is 49.2. The molecule has 2 heterocycles. The van der Waals surface area contributed by atoms with Crippen molar-refractivity contribution >= 4 is 34.6 Å². The molecule has 1 aliphatic heterocycles. The van der Waals surface area contributed by atoms with Crippen LogP contribution in [-0.2, 0) is 14.4 Å². The topological polar surface area (TPSA) is 137 Å². The molecule has 1 unspecified atom stereocenters. The summed E-state index contributed by atoms with van der Waals surface area (Å²) in [6, 6.07) is 6.17. The van der Waals surface area contributed by atoms with Crippen molar-refractivity contribution in [3.05, 3.63) is 36.1 Å². The highest BCUT2D eigenvalue weighted by Gasteiger charge is 2.36. The van der Waals surface area contributed by atoms with E-state index in [0.717, 1.165) is 5.39 Å². The van der Waals surface area contributed by atoms with Crippen molar-refractivity contribution in [3.8, 4) is 0 Å². The van der Waals surface area contributed by atoms with Crippen LogP contribution < -0.4 is 5.32 Å². The van der Waals surface area contributed by atoms with Crippen LogP contribution in [0.25, 0.3) is 11.0 Å². The molecule has 0 bridgehead atoms. The van der Waals surface area contributed by atoms with E-state index in [1.54, 1.807) is 12.1 Å². The highest BCUT2D eigenvalue weighted by atomic mass is 16.4. The number of nitrogens with zero attached hydrogens (tertiary/aromatic N) is 1. The highest BCUT2D eigenvalue weighted by molar-refractivity contribution is 5.97. The average Bonchev–Trinajstić information content (AvgIpc) is 3.39. The van der Waals surface area contributed by atoms with Crippen molar-refractivity contribution in [1.29, 1.82) is 0 Å². The molecule has 3 rings (SSSR count). The van der Waals surface area contributed by atoms with Crippen molar-refractivity contribution in [2.24, 2.45) is 0 Å². The minimum atomic E-state index is -1.13. The lowest BCUT2D eigenvalue weighted by Crippen LogP contribution is -2.53. The summed E-state index contributed by atoms with van der Waals surface area (Å²) in [5.41, 5.74) is 0.616. The van der Waals surface area contributed by atoms with Crippen LogP contribution in [0.2, 0.25) is 0 Å². The highest BCUT2D eigenvalue weighted by Crippen LogP contribution is 2.21. The lowest BCUT2D eigenvalue weighted by molar-refractivity contribution is -0.149. The second kappa shape index (κ2) is 9.74. The van der Waals surface area contributed by atoms with Gasteiger partial charge in [0.2, 0.25) is 5.91 Å². The van der Waals surface area contributed by atoms with Gasteiger partial charge in [-0.2, -0.15) is 0 Å².